The monoisotopic (exact) mass is 216 g/mol. The summed E-state index contributed by atoms with van der Waals surface area (Å²) in [7, 11) is 0. The first-order chi connectivity index (χ1) is 6.37. The molecule has 1 fully saturated rings. The van der Waals surface area contributed by atoms with Crippen LogP contribution in [0.1, 0.15) is 20.8 Å². The Hall–Kier alpha value is -0.710. The maximum absolute atomic E-state index is 11.7. The highest BCUT2D eigenvalue weighted by Gasteiger charge is 2.40. The molecule has 4 nitrogen and oxygen atoms in total. The van der Waals surface area contributed by atoms with Crippen molar-refractivity contribution in [1.82, 2.24) is 10.2 Å². The molecule has 0 aromatic heterocycles. The van der Waals surface area contributed by atoms with Crippen molar-refractivity contribution in [2.45, 2.75) is 31.6 Å². The van der Waals surface area contributed by atoms with Crippen molar-refractivity contribution in [2.75, 3.05) is 13.1 Å². The molecule has 0 aromatic carbocycles. The normalized spacial score (nSPS) is 22.9. The molecule has 80 valence electrons. The fourth-order valence-electron chi connectivity index (χ4n) is 1.51. The summed E-state index contributed by atoms with van der Waals surface area (Å²) < 4.78 is 0. The standard InChI is InChI=1S/C9H16N2O2S/c1-6(14)7(12)11-5-4-10-8(13)9(11,2)3/h6,14H,4-5H2,1-3H3,(H,10,13). The predicted molar refractivity (Wildman–Crippen MR) is 57.2 cm³/mol. The van der Waals surface area contributed by atoms with E-state index in [0.717, 1.165) is 0 Å². The van der Waals surface area contributed by atoms with E-state index in [1.165, 1.54) is 0 Å². The van der Waals surface area contributed by atoms with Gasteiger partial charge in [0.2, 0.25) is 11.8 Å². The van der Waals surface area contributed by atoms with Crippen LogP contribution in [0.5, 0.6) is 0 Å². The smallest absolute Gasteiger partial charge is 0.245 e. The number of piperazine rings is 1. The van der Waals surface area contributed by atoms with Crippen molar-refractivity contribution in [2.24, 2.45) is 0 Å². The number of hydrogen-bond acceptors (Lipinski definition) is 3. The summed E-state index contributed by atoms with van der Waals surface area (Å²) in [5.41, 5.74) is -0.758. The second kappa shape index (κ2) is 3.81. The summed E-state index contributed by atoms with van der Waals surface area (Å²) in [4.78, 5) is 24.8. The molecule has 5 heteroatoms. The molecule has 1 unspecified atom stereocenters. The molecule has 0 spiro atoms. The van der Waals surface area contributed by atoms with Crippen LogP contribution in [-0.2, 0) is 9.59 Å². The maximum atomic E-state index is 11.7. The lowest BCUT2D eigenvalue weighted by atomic mass is 9.98. The van der Waals surface area contributed by atoms with Crippen LogP contribution in [0.25, 0.3) is 0 Å². The predicted octanol–water partition coefficient (Wildman–Crippen LogP) is 0.0417. The van der Waals surface area contributed by atoms with Crippen molar-refractivity contribution in [1.29, 1.82) is 0 Å². The highest BCUT2D eigenvalue weighted by molar-refractivity contribution is 7.81. The Bertz CT molecular complexity index is 264. The Morgan fingerprint density at radius 2 is 2.21 bits per heavy atom. The third kappa shape index (κ3) is 1.87. The quantitative estimate of drug-likeness (QED) is 0.608. The van der Waals surface area contributed by atoms with Gasteiger partial charge in [-0.3, -0.25) is 9.59 Å². The van der Waals surface area contributed by atoms with E-state index in [0.29, 0.717) is 13.1 Å². The van der Waals surface area contributed by atoms with Gasteiger partial charge >= 0.3 is 0 Å². The molecule has 1 atom stereocenters. The lowest BCUT2D eigenvalue weighted by Gasteiger charge is -2.41. The van der Waals surface area contributed by atoms with Crippen molar-refractivity contribution >= 4 is 24.4 Å². The van der Waals surface area contributed by atoms with Gasteiger partial charge in [-0.25, -0.2) is 0 Å². The largest absolute Gasteiger partial charge is 0.352 e. The lowest BCUT2D eigenvalue weighted by molar-refractivity contribution is -0.148. The summed E-state index contributed by atoms with van der Waals surface area (Å²) >= 11 is 4.09. The zero-order valence-electron chi connectivity index (χ0n) is 8.70. The van der Waals surface area contributed by atoms with Gasteiger partial charge in [-0.1, -0.05) is 0 Å². The van der Waals surface area contributed by atoms with Gasteiger partial charge in [-0.15, -0.1) is 0 Å². The first-order valence-corrected chi connectivity index (χ1v) is 5.17. The van der Waals surface area contributed by atoms with Gasteiger partial charge in [0.15, 0.2) is 0 Å². The van der Waals surface area contributed by atoms with E-state index >= 15 is 0 Å². The Kier molecular flexibility index (Phi) is 3.09. The van der Waals surface area contributed by atoms with E-state index in [1.54, 1.807) is 25.7 Å². The summed E-state index contributed by atoms with van der Waals surface area (Å²) in [6.07, 6.45) is 0. The van der Waals surface area contributed by atoms with Crippen LogP contribution < -0.4 is 5.32 Å². The van der Waals surface area contributed by atoms with E-state index in [-0.39, 0.29) is 17.1 Å². The number of nitrogens with zero attached hydrogens (tertiary/aromatic N) is 1. The molecular weight excluding hydrogens is 200 g/mol. The molecule has 1 rings (SSSR count). The van der Waals surface area contributed by atoms with Crippen LogP contribution in [-0.4, -0.2) is 40.6 Å². The Morgan fingerprint density at radius 1 is 1.64 bits per heavy atom. The first kappa shape index (κ1) is 11.4. The van der Waals surface area contributed by atoms with E-state index in [1.807, 2.05) is 0 Å². The van der Waals surface area contributed by atoms with Gasteiger partial charge in [-0.05, 0) is 20.8 Å². The molecule has 1 saturated heterocycles. The van der Waals surface area contributed by atoms with E-state index in [2.05, 4.69) is 17.9 Å². The molecule has 0 aromatic rings. The van der Waals surface area contributed by atoms with Crippen LogP contribution in [0, 0.1) is 0 Å². The molecule has 0 saturated carbocycles. The highest BCUT2D eigenvalue weighted by atomic mass is 32.1. The fraction of sp³-hybridized carbons (Fsp3) is 0.778. The van der Waals surface area contributed by atoms with Gasteiger partial charge in [-0.2, -0.15) is 12.6 Å². The first-order valence-electron chi connectivity index (χ1n) is 4.65. The Labute approximate surface area is 89.4 Å². The molecule has 1 aliphatic rings. The summed E-state index contributed by atoms with van der Waals surface area (Å²) in [5, 5.41) is 2.38. The molecule has 2 amide bonds. The summed E-state index contributed by atoms with van der Waals surface area (Å²) in [5.74, 6) is -0.195. The number of amides is 2. The van der Waals surface area contributed by atoms with Gasteiger partial charge in [0.1, 0.15) is 5.54 Å². The average molecular weight is 216 g/mol. The number of carbonyl (C=O) groups is 2. The maximum Gasteiger partial charge on any atom is 0.245 e. The molecule has 14 heavy (non-hydrogen) atoms. The van der Waals surface area contributed by atoms with Crippen LogP contribution in [0.3, 0.4) is 0 Å². The SMILES string of the molecule is CC(S)C(=O)N1CCNC(=O)C1(C)C. The number of nitrogens with one attached hydrogen (secondary N) is 1. The van der Waals surface area contributed by atoms with E-state index in [4.69, 9.17) is 0 Å². The molecule has 1 aliphatic heterocycles. The molecular formula is C9H16N2O2S. The Morgan fingerprint density at radius 3 is 2.71 bits per heavy atom. The minimum Gasteiger partial charge on any atom is -0.352 e. The van der Waals surface area contributed by atoms with Crippen LogP contribution in [0.15, 0.2) is 0 Å². The summed E-state index contributed by atoms with van der Waals surface area (Å²) in [6.45, 7) is 6.29. The van der Waals surface area contributed by atoms with Gasteiger partial charge in [0.25, 0.3) is 0 Å². The van der Waals surface area contributed by atoms with E-state index in [9.17, 15) is 9.59 Å². The van der Waals surface area contributed by atoms with Crippen molar-refractivity contribution in [3.63, 3.8) is 0 Å². The number of rotatable bonds is 1. The third-order valence-electron chi connectivity index (χ3n) is 2.47. The highest BCUT2D eigenvalue weighted by Crippen LogP contribution is 2.19. The second-order valence-electron chi connectivity index (χ2n) is 3.98. The third-order valence-corrected chi connectivity index (χ3v) is 2.70. The van der Waals surface area contributed by atoms with Crippen molar-refractivity contribution in [3.05, 3.63) is 0 Å². The van der Waals surface area contributed by atoms with Crippen LogP contribution in [0.4, 0.5) is 0 Å². The number of thiol groups is 1. The number of carbonyl (C=O) groups excluding carboxylic acids is 2. The zero-order chi connectivity index (χ0) is 10.9. The Balaban J connectivity index is 2.87. The molecule has 1 N–H and O–H groups in total. The van der Waals surface area contributed by atoms with Crippen molar-refractivity contribution in [3.8, 4) is 0 Å². The molecule has 0 aliphatic carbocycles. The topological polar surface area (TPSA) is 49.4 Å². The average Bonchev–Trinajstić information content (AvgIpc) is 2.08. The second-order valence-corrected chi connectivity index (χ2v) is 4.76. The fourth-order valence-corrected chi connectivity index (χ4v) is 1.65. The molecule has 0 bridgehead atoms. The minimum absolute atomic E-state index is 0.0896. The van der Waals surface area contributed by atoms with E-state index < -0.39 is 5.54 Å². The van der Waals surface area contributed by atoms with Gasteiger partial charge in [0.05, 0.1) is 5.25 Å². The summed E-state index contributed by atoms with van der Waals surface area (Å²) in [6, 6.07) is 0. The molecule has 1 heterocycles. The van der Waals surface area contributed by atoms with Crippen molar-refractivity contribution < 1.29 is 9.59 Å². The molecule has 0 radical (unpaired) electrons. The van der Waals surface area contributed by atoms with Gasteiger partial charge in [0, 0.05) is 13.1 Å². The van der Waals surface area contributed by atoms with Crippen LogP contribution in [0.2, 0.25) is 0 Å². The minimum atomic E-state index is -0.758. The zero-order valence-corrected chi connectivity index (χ0v) is 9.60. The van der Waals surface area contributed by atoms with Crippen LogP contribution >= 0.6 is 12.6 Å². The number of hydrogen-bond donors (Lipinski definition) is 2. The lowest BCUT2D eigenvalue weighted by Crippen LogP contribution is -2.64. The van der Waals surface area contributed by atoms with Gasteiger partial charge < -0.3 is 10.2 Å².